The minimum absolute atomic E-state index is 0.207. The van der Waals surface area contributed by atoms with Gasteiger partial charge in [-0.05, 0) is 36.2 Å². The molecule has 1 aliphatic rings. The van der Waals surface area contributed by atoms with Gasteiger partial charge in [0.25, 0.3) is 0 Å². The zero-order valence-electron chi connectivity index (χ0n) is 12.6. The number of unbranched alkanes of at least 4 members (excludes halogenated alkanes) is 1. The monoisotopic (exact) mass is 291 g/mol. The van der Waals surface area contributed by atoms with Crippen LogP contribution in [0.1, 0.15) is 56.2 Å². The summed E-state index contributed by atoms with van der Waals surface area (Å²) in [6.07, 6.45) is 4.41. The van der Waals surface area contributed by atoms with Crippen LogP contribution >= 0.6 is 0 Å². The van der Waals surface area contributed by atoms with Crippen LogP contribution < -0.4 is 0 Å². The van der Waals surface area contributed by atoms with Crippen molar-refractivity contribution in [2.75, 3.05) is 6.54 Å². The Hall–Kier alpha value is -1.83. The molecule has 0 spiro atoms. The largest absolute Gasteiger partial charge is 0.340 e. The highest BCUT2D eigenvalue weighted by atomic mass is 16.5. The third-order valence-electron chi connectivity index (χ3n) is 3.88. The van der Waals surface area contributed by atoms with Gasteiger partial charge in [0, 0.05) is 13.5 Å². The highest BCUT2D eigenvalue weighted by molar-refractivity contribution is 4.98. The maximum Gasteiger partial charge on any atom is 0.223 e. The van der Waals surface area contributed by atoms with E-state index in [-0.39, 0.29) is 6.04 Å². The molecule has 0 bridgehead atoms. The van der Waals surface area contributed by atoms with Gasteiger partial charge in [0.2, 0.25) is 5.89 Å². The molecule has 21 heavy (non-hydrogen) atoms. The van der Waals surface area contributed by atoms with Crippen molar-refractivity contribution in [1.29, 1.82) is 0 Å². The van der Waals surface area contributed by atoms with Gasteiger partial charge >= 0.3 is 0 Å². The zero-order chi connectivity index (χ0) is 14.7. The summed E-state index contributed by atoms with van der Waals surface area (Å²) in [5, 5.41) is 16.1. The average molecular weight is 291 g/mol. The number of hydrogen-bond donors (Lipinski definition) is 0. The van der Waals surface area contributed by atoms with E-state index in [1.54, 1.807) is 0 Å². The molecule has 3 rings (SSSR count). The van der Waals surface area contributed by atoms with Crippen LogP contribution in [0.3, 0.4) is 0 Å². The Balaban J connectivity index is 1.70. The molecule has 8 nitrogen and oxygen atoms in total. The summed E-state index contributed by atoms with van der Waals surface area (Å²) in [6.45, 7) is 6.60. The molecule has 0 saturated carbocycles. The van der Waals surface area contributed by atoms with Crippen LogP contribution in [-0.2, 0) is 13.1 Å². The number of rotatable bonds is 6. The molecule has 0 radical (unpaired) electrons. The smallest absolute Gasteiger partial charge is 0.223 e. The molecule has 0 N–H and O–H groups in total. The Morgan fingerprint density at radius 2 is 2.29 bits per heavy atom. The van der Waals surface area contributed by atoms with Crippen LogP contribution in [0.4, 0.5) is 0 Å². The van der Waals surface area contributed by atoms with Gasteiger partial charge in [0.15, 0.2) is 11.6 Å². The summed E-state index contributed by atoms with van der Waals surface area (Å²) in [7, 11) is 0. The zero-order valence-corrected chi connectivity index (χ0v) is 12.6. The first-order valence-electron chi connectivity index (χ1n) is 7.57. The maximum absolute atomic E-state index is 5.10. The van der Waals surface area contributed by atoms with Crippen molar-refractivity contribution in [3.63, 3.8) is 0 Å². The van der Waals surface area contributed by atoms with Gasteiger partial charge < -0.3 is 4.52 Å². The maximum atomic E-state index is 5.10. The van der Waals surface area contributed by atoms with E-state index in [1.807, 2.05) is 11.6 Å². The second kappa shape index (κ2) is 6.30. The lowest BCUT2D eigenvalue weighted by Gasteiger charge is -2.20. The van der Waals surface area contributed by atoms with Crippen molar-refractivity contribution < 1.29 is 4.52 Å². The number of aromatic nitrogens is 6. The SMILES string of the molecule is CCCCn1nnnc1CN1CCCC1c1noc(C)n1. The minimum atomic E-state index is 0.207. The van der Waals surface area contributed by atoms with Crippen LogP contribution in [0.15, 0.2) is 4.52 Å². The molecule has 1 atom stereocenters. The summed E-state index contributed by atoms with van der Waals surface area (Å²) >= 11 is 0. The Morgan fingerprint density at radius 3 is 3.05 bits per heavy atom. The lowest BCUT2D eigenvalue weighted by atomic mass is 10.2. The molecular weight excluding hydrogens is 270 g/mol. The van der Waals surface area contributed by atoms with Crippen LogP contribution in [0, 0.1) is 6.92 Å². The summed E-state index contributed by atoms with van der Waals surface area (Å²) in [6, 6.07) is 0.207. The second-order valence-electron chi connectivity index (χ2n) is 5.47. The fourth-order valence-electron chi connectivity index (χ4n) is 2.76. The van der Waals surface area contributed by atoms with Crippen LogP contribution in [0.5, 0.6) is 0 Å². The van der Waals surface area contributed by atoms with E-state index >= 15 is 0 Å². The fraction of sp³-hybridized carbons (Fsp3) is 0.769. The molecule has 0 aromatic carbocycles. The standard InChI is InChI=1S/C13H21N7O/c1-3-4-8-20-12(15-17-18-20)9-19-7-5-6-11(19)13-14-10(2)21-16-13/h11H,3-9H2,1-2H3. The first-order chi connectivity index (χ1) is 10.3. The van der Waals surface area contributed by atoms with Gasteiger partial charge in [-0.15, -0.1) is 5.10 Å². The summed E-state index contributed by atoms with van der Waals surface area (Å²) < 4.78 is 7.01. The van der Waals surface area contributed by atoms with Crippen molar-refractivity contribution >= 4 is 0 Å². The summed E-state index contributed by atoms with van der Waals surface area (Å²) in [5.74, 6) is 2.30. The Bertz CT molecular complexity index is 579. The topological polar surface area (TPSA) is 85.8 Å². The van der Waals surface area contributed by atoms with Crippen molar-refractivity contribution in [2.45, 2.75) is 58.7 Å². The van der Waals surface area contributed by atoms with E-state index < -0.39 is 0 Å². The molecule has 0 amide bonds. The third kappa shape index (κ3) is 3.10. The van der Waals surface area contributed by atoms with Gasteiger partial charge in [0.05, 0.1) is 12.6 Å². The quantitative estimate of drug-likeness (QED) is 0.797. The Kier molecular flexibility index (Phi) is 4.23. The lowest BCUT2D eigenvalue weighted by molar-refractivity contribution is 0.224. The van der Waals surface area contributed by atoms with E-state index in [9.17, 15) is 0 Å². The van der Waals surface area contributed by atoms with E-state index in [0.29, 0.717) is 5.89 Å². The first kappa shape index (κ1) is 14.1. The van der Waals surface area contributed by atoms with Crippen LogP contribution in [0.2, 0.25) is 0 Å². The number of likely N-dealkylation sites (tertiary alicyclic amines) is 1. The Morgan fingerprint density at radius 1 is 1.38 bits per heavy atom. The molecule has 3 heterocycles. The molecule has 1 fully saturated rings. The molecule has 2 aromatic heterocycles. The molecule has 0 aliphatic carbocycles. The number of nitrogens with zero attached hydrogens (tertiary/aromatic N) is 7. The van der Waals surface area contributed by atoms with E-state index in [4.69, 9.17) is 4.52 Å². The van der Waals surface area contributed by atoms with Gasteiger partial charge in [-0.2, -0.15) is 4.98 Å². The molecule has 114 valence electrons. The highest BCUT2D eigenvalue weighted by Gasteiger charge is 2.30. The van der Waals surface area contributed by atoms with E-state index in [1.165, 1.54) is 0 Å². The van der Waals surface area contributed by atoms with Crippen LogP contribution in [0.25, 0.3) is 0 Å². The fourth-order valence-corrected chi connectivity index (χ4v) is 2.76. The summed E-state index contributed by atoms with van der Waals surface area (Å²) in [5.41, 5.74) is 0. The van der Waals surface area contributed by atoms with E-state index in [0.717, 1.165) is 57.0 Å². The van der Waals surface area contributed by atoms with Crippen LogP contribution in [-0.4, -0.2) is 41.8 Å². The Labute approximate surface area is 123 Å². The van der Waals surface area contributed by atoms with Gasteiger partial charge in [-0.1, -0.05) is 18.5 Å². The van der Waals surface area contributed by atoms with Gasteiger partial charge in [0.1, 0.15) is 0 Å². The molecular formula is C13H21N7O. The normalized spacial score (nSPS) is 19.4. The average Bonchev–Trinajstić information content (AvgIpc) is 3.18. The van der Waals surface area contributed by atoms with Gasteiger partial charge in [-0.3, -0.25) is 4.90 Å². The molecule has 1 unspecified atom stereocenters. The number of aryl methyl sites for hydroxylation is 2. The highest BCUT2D eigenvalue weighted by Crippen LogP contribution is 2.31. The van der Waals surface area contributed by atoms with Crippen molar-refractivity contribution in [1.82, 2.24) is 35.2 Å². The predicted octanol–water partition coefficient (Wildman–Crippen LogP) is 1.50. The number of tetrazole rings is 1. The van der Waals surface area contributed by atoms with Gasteiger partial charge in [-0.25, -0.2) is 4.68 Å². The van der Waals surface area contributed by atoms with Crippen molar-refractivity contribution in [2.24, 2.45) is 0 Å². The molecule has 1 aliphatic heterocycles. The molecule has 8 heteroatoms. The first-order valence-corrected chi connectivity index (χ1v) is 7.57. The van der Waals surface area contributed by atoms with Crippen molar-refractivity contribution in [3.05, 3.63) is 17.5 Å². The summed E-state index contributed by atoms with van der Waals surface area (Å²) in [4.78, 5) is 6.70. The van der Waals surface area contributed by atoms with Crippen molar-refractivity contribution in [3.8, 4) is 0 Å². The lowest BCUT2D eigenvalue weighted by Crippen LogP contribution is -2.25. The molecule has 1 saturated heterocycles. The second-order valence-corrected chi connectivity index (χ2v) is 5.47. The minimum Gasteiger partial charge on any atom is -0.340 e. The third-order valence-corrected chi connectivity index (χ3v) is 3.88. The molecule has 2 aromatic rings. The number of hydrogen-bond acceptors (Lipinski definition) is 7. The van der Waals surface area contributed by atoms with E-state index in [2.05, 4.69) is 37.5 Å². The predicted molar refractivity (Wildman–Crippen MR) is 74.1 cm³/mol.